The van der Waals surface area contributed by atoms with Gasteiger partial charge in [-0.2, -0.15) is 0 Å². The summed E-state index contributed by atoms with van der Waals surface area (Å²) in [5, 5.41) is 8.74. The van der Waals surface area contributed by atoms with E-state index in [4.69, 9.17) is 16.7 Å². The Labute approximate surface area is 92.2 Å². The van der Waals surface area contributed by atoms with E-state index in [1.165, 1.54) is 32.4 Å². The Hall–Kier alpha value is 0.210. The predicted octanol–water partition coefficient (Wildman–Crippen LogP) is 2.10. The molecule has 0 unspecified atom stereocenters. The van der Waals surface area contributed by atoms with Crippen LogP contribution in [0.1, 0.15) is 32.1 Å². The zero-order chi connectivity index (χ0) is 10.2. The average Bonchev–Trinajstić information content (AvgIpc) is 2.25. The lowest BCUT2D eigenvalue weighted by atomic mass is 9.92. The molecule has 1 saturated heterocycles. The lowest BCUT2D eigenvalue weighted by Gasteiger charge is -2.31. The van der Waals surface area contributed by atoms with Gasteiger partial charge in [-0.15, -0.1) is 11.6 Å². The fourth-order valence-electron chi connectivity index (χ4n) is 2.16. The summed E-state index contributed by atoms with van der Waals surface area (Å²) in [6, 6.07) is 0. The second-order valence-corrected chi connectivity index (χ2v) is 4.57. The zero-order valence-electron chi connectivity index (χ0n) is 8.92. The van der Waals surface area contributed by atoms with Gasteiger partial charge in [-0.05, 0) is 57.7 Å². The maximum Gasteiger partial charge on any atom is 0.0431 e. The van der Waals surface area contributed by atoms with E-state index >= 15 is 0 Å². The van der Waals surface area contributed by atoms with E-state index in [1.54, 1.807) is 0 Å². The molecule has 1 fully saturated rings. The summed E-state index contributed by atoms with van der Waals surface area (Å²) in [5.74, 6) is 1.64. The number of hydrogen-bond donors (Lipinski definition) is 1. The van der Waals surface area contributed by atoms with Crippen LogP contribution in [0, 0.1) is 5.92 Å². The van der Waals surface area contributed by atoms with Gasteiger partial charge < -0.3 is 10.0 Å². The second-order valence-electron chi connectivity index (χ2n) is 4.19. The average molecular weight is 220 g/mol. The van der Waals surface area contributed by atoms with E-state index in [0.717, 1.165) is 31.2 Å². The van der Waals surface area contributed by atoms with Crippen molar-refractivity contribution in [3.8, 4) is 0 Å². The lowest BCUT2D eigenvalue weighted by Crippen LogP contribution is -2.34. The van der Waals surface area contributed by atoms with Crippen LogP contribution in [0.3, 0.4) is 0 Å². The van der Waals surface area contributed by atoms with Crippen molar-refractivity contribution in [3.63, 3.8) is 0 Å². The van der Waals surface area contributed by atoms with E-state index in [2.05, 4.69) is 4.90 Å². The number of rotatable bonds is 6. The van der Waals surface area contributed by atoms with E-state index in [0.29, 0.717) is 6.61 Å². The first kappa shape index (κ1) is 12.3. The highest BCUT2D eigenvalue weighted by Gasteiger charge is 2.17. The number of aliphatic hydroxyl groups is 1. The second kappa shape index (κ2) is 7.49. The fourth-order valence-corrected chi connectivity index (χ4v) is 2.28. The van der Waals surface area contributed by atoms with Crippen LogP contribution in [0.15, 0.2) is 0 Å². The van der Waals surface area contributed by atoms with E-state index in [1.807, 2.05) is 0 Å². The molecule has 0 bridgehead atoms. The third-order valence-corrected chi connectivity index (χ3v) is 3.35. The summed E-state index contributed by atoms with van der Waals surface area (Å²) >= 11 is 5.66. The SMILES string of the molecule is OCCCC1CCN(CCCCl)CC1. The topological polar surface area (TPSA) is 23.5 Å². The molecule has 0 spiro atoms. The van der Waals surface area contributed by atoms with Crippen LogP contribution in [-0.2, 0) is 0 Å². The Morgan fingerprint density at radius 1 is 1.21 bits per heavy atom. The Kier molecular flexibility index (Phi) is 6.57. The highest BCUT2D eigenvalue weighted by atomic mass is 35.5. The van der Waals surface area contributed by atoms with Gasteiger partial charge in [0.25, 0.3) is 0 Å². The molecule has 14 heavy (non-hydrogen) atoms. The Bertz CT molecular complexity index is 119. The Balaban J connectivity index is 2.05. The molecule has 0 radical (unpaired) electrons. The number of halogens is 1. The van der Waals surface area contributed by atoms with E-state index in [9.17, 15) is 0 Å². The van der Waals surface area contributed by atoms with Gasteiger partial charge in [0.15, 0.2) is 0 Å². The molecule has 1 aliphatic rings. The van der Waals surface area contributed by atoms with Crippen LogP contribution < -0.4 is 0 Å². The molecule has 1 N–H and O–H groups in total. The highest BCUT2D eigenvalue weighted by Crippen LogP contribution is 2.21. The molecule has 0 aliphatic carbocycles. The number of likely N-dealkylation sites (tertiary alicyclic amines) is 1. The standard InChI is InChI=1S/C11H22ClNO/c12-6-2-7-13-8-4-11(5-9-13)3-1-10-14/h11,14H,1-10H2. The number of piperidine rings is 1. The van der Waals surface area contributed by atoms with Crippen molar-refractivity contribution in [1.82, 2.24) is 4.90 Å². The van der Waals surface area contributed by atoms with E-state index in [-0.39, 0.29) is 0 Å². The van der Waals surface area contributed by atoms with Crippen molar-refractivity contribution < 1.29 is 5.11 Å². The van der Waals surface area contributed by atoms with Crippen LogP contribution in [-0.4, -0.2) is 42.1 Å². The van der Waals surface area contributed by atoms with Gasteiger partial charge in [-0.3, -0.25) is 0 Å². The predicted molar refractivity (Wildman–Crippen MR) is 60.8 cm³/mol. The summed E-state index contributed by atoms with van der Waals surface area (Å²) in [5.41, 5.74) is 0. The summed E-state index contributed by atoms with van der Waals surface area (Å²) in [4.78, 5) is 2.51. The molecule has 0 saturated carbocycles. The van der Waals surface area contributed by atoms with Crippen molar-refractivity contribution in [3.05, 3.63) is 0 Å². The third kappa shape index (κ3) is 4.63. The first-order chi connectivity index (χ1) is 6.86. The first-order valence-electron chi connectivity index (χ1n) is 5.76. The van der Waals surface area contributed by atoms with Crippen molar-refractivity contribution in [2.75, 3.05) is 32.1 Å². The van der Waals surface area contributed by atoms with Gasteiger partial charge in [-0.1, -0.05) is 0 Å². The molecule has 1 heterocycles. The molecular formula is C11H22ClNO. The first-order valence-corrected chi connectivity index (χ1v) is 6.29. The van der Waals surface area contributed by atoms with Crippen molar-refractivity contribution >= 4 is 11.6 Å². The minimum absolute atomic E-state index is 0.354. The van der Waals surface area contributed by atoms with Crippen molar-refractivity contribution in [2.24, 2.45) is 5.92 Å². The third-order valence-electron chi connectivity index (χ3n) is 3.09. The van der Waals surface area contributed by atoms with Gasteiger partial charge in [0.05, 0.1) is 0 Å². The summed E-state index contributed by atoms with van der Waals surface area (Å²) < 4.78 is 0. The Morgan fingerprint density at radius 2 is 1.93 bits per heavy atom. The molecule has 0 atom stereocenters. The van der Waals surface area contributed by atoms with Gasteiger partial charge >= 0.3 is 0 Å². The lowest BCUT2D eigenvalue weighted by molar-refractivity contribution is 0.170. The number of nitrogens with zero attached hydrogens (tertiary/aromatic N) is 1. The maximum absolute atomic E-state index is 8.74. The van der Waals surface area contributed by atoms with Gasteiger partial charge in [0.2, 0.25) is 0 Å². The smallest absolute Gasteiger partial charge is 0.0431 e. The minimum atomic E-state index is 0.354. The molecule has 0 amide bonds. The number of hydrogen-bond acceptors (Lipinski definition) is 2. The number of alkyl halides is 1. The normalized spacial score (nSPS) is 20.1. The molecular weight excluding hydrogens is 198 g/mol. The van der Waals surface area contributed by atoms with Gasteiger partial charge in [0.1, 0.15) is 0 Å². The molecule has 0 aromatic rings. The van der Waals surface area contributed by atoms with Gasteiger partial charge in [0, 0.05) is 12.5 Å². The highest BCUT2D eigenvalue weighted by molar-refractivity contribution is 6.17. The van der Waals surface area contributed by atoms with Crippen molar-refractivity contribution in [2.45, 2.75) is 32.1 Å². The minimum Gasteiger partial charge on any atom is -0.396 e. The molecule has 1 aliphatic heterocycles. The number of aliphatic hydroxyl groups excluding tert-OH is 1. The largest absolute Gasteiger partial charge is 0.396 e. The zero-order valence-corrected chi connectivity index (χ0v) is 9.68. The Morgan fingerprint density at radius 3 is 2.50 bits per heavy atom. The van der Waals surface area contributed by atoms with Crippen LogP contribution >= 0.6 is 11.6 Å². The monoisotopic (exact) mass is 219 g/mol. The molecule has 2 nitrogen and oxygen atoms in total. The summed E-state index contributed by atoms with van der Waals surface area (Å²) in [6.45, 7) is 3.97. The molecule has 1 rings (SSSR count). The van der Waals surface area contributed by atoms with Crippen LogP contribution in [0.5, 0.6) is 0 Å². The maximum atomic E-state index is 8.74. The summed E-state index contributed by atoms with van der Waals surface area (Å²) in [7, 11) is 0. The fraction of sp³-hybridized carbons (Fsp3) is 1.00. The molecule has 84 valence electrons. The molecule has 0 aromatic carbocycles. The molecule has 0 aromatic heterocycles. The van der Waals surface area contributed by atoms with E-state index < -0.39 is 0 Å². The molecule has 3 heteroatoms. The quantitative estimate of drug-likeness (QED) is 0.692. The van der Waals surface area contributed by atoms with Crippen LogP contribution in [0.4, 0.5) is 0 Å². The van der Waals surface area contributed by atoms with Crippen molar-refractivity contribution in [1.29, 1.82) is 0 Å². The summed E-state index contributed by atoms with van der Waals surface area (Å²) in [6.07, 6.45) is 5.92. The van der Waals surface area contributed by atoms with Crippen LogP contribution in [0.25, 0.3) is 0 Å². The van der Waals surface area contributed by atoms with Gasteiger partial charge in [-0.25, -0.2) is 0 Å². The van der Waals surface area contributed by atoms with Crippen LogP contribution in [0.2, 0.25) is 0 Å².